The highest BCUT2D eigenvalue weighted by molar-refractivity contribution is 5.90. The number of aliphatic carboxylic acids is 1. The minimum Gasteiger partial charge on any atom is -0.481 e. The predicted molar refractivity (Wildman–Crippen MR) is 47.3 cm³/mol. The Morgan fingerprint density at radius 3 is 2.31 bits per heavy atom. The molecule has 2 unspecified atom stereocenters. The molecule has 0 aromatic rings. The molecular weight excluding hydrogens is 172 g/mol. The van der Waals surface area contributed by atoms with Crippen molar-refractivity contribution in [1.29, 1.82) is 0 Å². The molecule has 13 heavy (non-hydrogen) atoms. The Morgan fingerprint density at radius 2 is 1.92 bits per heavy atom. The molecule has 0 aliphatic carbocycles. The Balaban J connectivity index is 3.84. The summed E-state index contributed by atoms with van der Waals surface area (Å²) < 4.78 is 4.89. The number of carboxylic acids is 1. The van der Waals surface area contributed by atoms with Crippen molar-refractivity contribution in [3.05, 3.63) is 0 Å². The largest absolute Gasteiger partial charge is 0.481 e. The highest BCUT2D eigenvalue weighted by atomic mass is 16.5. The maximum atomic E-state index is 10.9. The smallest absolute Gasteiger partial charge is 0.317 e. The Morgan fingerprint density at radius 1 is 1.38 bits per heavy atom. The van der Waals surface area contributed by atoms with E-state index in [1.807, 2.05) is 13.8 Å². The summed E-state index contributed by atoms with van der Waals surface area (Å²) in [7, 11) is 0. The molecule has 0 aromatic carbocycles. The van der Waals surface area contributed by atoms with Gasteiger partial charge in [-0.2, -0.15) is 0 Å². The summed E-state index contributed by atoms with van der Waals surface area (Å²) >= 11 is 0. The number of carbonyl (C=O) groups excluding carboxylic acids is 1. The quantitative estimate of drug-likeness (QED) is 0.523. The molecule has 0 heterocycles. The van der Waals surface area contributed by atoms with Crippen molar-refractivity contribution in [2.75, 3.05) is 0 Å². The van der Waals surface area contributed by atoms with Gasteiger partial charge in [0.25, 0.3) is 0 Å². The first-order chi connectivity index (χ1) is 5.97. The van der Waals surface area contributed by atoms with E-state index in [1.54, 1.807) is 6.92 Å². The van der Waals surface area contributed by atoms with Gasteiger partial charge in [0.05, 0.1) is 0 Å². The van der Waals surface area contributed by atoms with Crippen molar-refractivity contribution in [3.63, 3.8) is 0 Å². The SMILES string of the molecule is CCC(C)C(C)OC(=O)CC(=O)O. The summed E-state index contributed by atoms with van der Waals surface area (Å²) in [5.41, 5.74) is 0. The van der Waals surface area contributed by atoms with Crippen LogP contribution >= 0.6 is 0 Å². The Labute approximate surface area is 77.9 Å². The first kappa shape index (κ1) is 11.9. The Bertz CT molecular complexity index is 188. The summed E-state index contributed by atoms with van der Waals surface area (Å²) in [4.78, 5) is 21.0. The lowest BCUT2D eigenvalue weighted by Gasteiger charge is -2.18. The fourth-order valence-electron chi connectivity index (χ4n) is 0.821. The van der Waals surface area contributed by atoms with E-state index in [0.717, 1.165) is 6.42 Å². The lowest BCUT2D eigenvalue weighted by molar-refractivity contribution is -0.156. The lowest BCUT2D eigenvalue weighted by atomic mass is 10.0. The monoisotopic (exact) mass is 188 g/mol. The van der Waals surface area contributed by atoms with Crippen LogP contribution < -0.4 is 0 Å². The number of rotatable bonds is 5. The molecule has 0 radical (unpaired) electrons. The standard InChI is InChI=1S/C9H16O4/c1-4-6(2)7(3)13-9(12)5-8(10)11/h6-7H,4-5H2,1-3H3,(H,10,11). The molecule has 0 fully saturated rings. The van der Waals surface area contributed by atoms with Crippen molar-refractivity contribution >= 4 is 11.9 Å². The maximum Gasteiger partial charge on any atom is 0.317 e. The van der Waals surface area contributed by atoms with Gasteiger partial charge in [0, 0.05) is 0 Å². The van der Waals surface area contributed by atoms with Gasteiger partial charge in [-0.3, -0.25) is 9.59 Å². The third-order valence-corrected chi connectivity index (χ3v) is 2.06. The van der Waals surface area contributed by atoms with Crippen LogP contribution in [0.3, 0.4) is 0 Å². The third kappa shape index (κ3) is 5.22. The van der Waals surface area contributed by atoms with E-state index in [4.69, 9.17) is 9.84 Å². The van der Waals surface area contributed by atoms with Crippen LogP contribution in [-0.4, -0.2) is 23.1 Å². The molecule has 2 atom stereocenters. The van der Waals surface area contributed by atoms with Crippen LogP contribution in [0, 0.1) is 5.92 Å². The first-order valence-corrected chi connectivity index (χ1v) is 4.38. The fourth-order valence-corrected chi connectivity index (χ4v) is 0.821. The van der Waals surface area contributed by atoms with Gasteiger partial charge in [0.1, 0.15) is 12.5 Å². The second-order valence-electron chi connectivity index (χ2n) is 3.15. The van der Waals surface area contributed by atoms with Crippen molar-refractivity contribution in [2.24, 2.45) is 5.92 Å². The molecule has 76 valence electrons. The molecule has 0 aliphatic heterocycles. The molecule has 0 amide bonds. The number of hydrogen-bond donors (Lipinski definition) is 1. The van der Waals surface area contributed by atoms with Crippen LogP contribution in [0.25, 0.3) is 0 Å². The van der Waals surface area contributed by atoms with Gasteiger partial charge in [0.15, 0.2) is 0 Å². The van der Waals surface area contributed by atoms with Crippen LogP contribution in [-0.2, 0) is 14.3 Å². The molecule has 0 aromatic heterocycles. The number of carboxylic acid groups (broad SMARTS) is 1. The van der Waals surface area contributed by atoms with E-state index in [9.17, 15) is 9.59 Å². The van der Waals surface area contributed by atoms with E-state index in [2.05, 4.69) is 0 Å². The predicted octanol–water partition coefficient (Wildman–Crippen LogP) is 1.44. The van der Waals surface area contributed by atoms with Gasteiger partial charge in [-0.05, 0) is 12.8 Å². The normalized spacial score (nSPS) is 14.7. The van der Waals surface area contributed by atoms with Crippen molar-refractivity contribution in [2.45, 2.75) is 39.7 Å². The van der Waals surface area contributed by atoms with Crippen molar-refractivity contribution in [3.8, 4) is 0 Å². The molecule has 4 heteroatoms. The zero-order chi connectivity index (χ0) is 10.4. The van der Waals surface area contributed by atoms with Gasteiger partial charge in [-0.15, -0.1) is 0 Å². The number of ether oxygens (including phenoxy) is 1. The van der Waals surface area contributed by atoms with Crippen molar-refractivity contribution < 1.29 is 19.4 Å². The van der Waals surface area contributed by atoms with Gasteiger partial charge in [-0.1, -0.05) is 20.3 Å². The molecule has 1 N–H and O–H groups in total. The summed E-state index contributed by atoms with van der Waals surface area (Å²) in [6.07, 6.45) is 0.138. The van der Waals surface area contributed by atoms with E-state index >= 15 is 0 Å². The fraction of sp³-hybridized carbons (Fsp3) is 0.778. The van der Waals surface area contributed by atoms with Gasteiger partial charge >= 0.3 is 11.9 Å². The molecule has 0 bridgehead atoms. The molecule has 0 saturated heterocycles. The maximum absolute atomic E-state index is 10.9. The minimum atomic E-state index is -1.15. The molecule has 0 spiro atoms. The first-order valence-electron chi connectivity index (χ1n) is 4.38. The highest BCUT2D eigenvalue weighted by Gasteiger charge is 2.16. The number of esters is 1. The molecular formula is C9H16O4. The van der Waals surface area contributed by atoms with Gasteiger partial charge < -0.3 is 9.84 Å². The zero-order valence-corrected chi connectivity index (χ0v) is 8.24. The van der Waals surface area contributed by atoms with Crippen LogP contribution in [0.15, 0.2) is 0 Å². The Kier molecular flexibility index (Phi) is 5.11. The second-order valence-corrected chi connectivity index (χ2v) is 3.15. The molecule has 0 saturated carbocycles. The summed E-state index contributed by atoms with van der Waals surface area (Å²) in [6, 6.07) is 0. The topological polar surface area (TPSA) is 63.6 Å². The number of carbonyl (C=O) groups is 2. The highest BCUT2D eigenvalue weighted by Crippen LogP contribution is 2.11. The third-order valence-electron chi connectivity index (χ3n) is 2.06. The molecule has 4 nitrogen and oxygen atoms in total. The zero-order valence-electron chi connectivity index (χ0n) is 8.24. The minimum absolute atomic E-state index is 0.211. The van der Waals surface area contributed by atoms with Crippen LogP contribution in [0.1, 0.15) is 33.6 Å². The van der Waals surface area contributed by atoms with E-state index < -0.39 is 18.4 Å². The van der Waals surface area contributed by atoms with E-state index in [1.165, 1.54) is 0 Å². The molecule has 0 aliphatic rings. The van der Waals surface area contributed by atoms with E-state index in [0.29, 0.717) is 0 Å². The second kappa shape index (κ2) is 5.56. The average Bonchev–Trinajstić information content (AvgIpc) is 2.01. The summed E-state index contributed by atoms with van der Waals surface area (Å²) in [5.74, 6) is -1.56. The van der Waals surface area contributed by atoms with Gasteiger partial charge in [-0.25, -0.2) is 0 Å². The van der Waals surface area contributed by atoms with Crippen LogP contribution in [0.2, 0.25) is 0 Å². The van der Waals surface area contributed by atoms with E-state index in [-0.39, 0.29) is 12.0 Å². The summed E-state index contributed by atoms with van der Waals surface area (Å²) in [5, 5.41) is 8.29. The molecule has 0 rings (SSSR count). The number of hydrogen-bond acceptors (Lipinski definition) is 3. The average molecular weight is 188 g/mol. The van der Waals surface area contributed by atoms with Crippen molar-refractivity contribution in [1.82, 2.24) is 0 Å². The van der Waals surface area contributed by atoms with Crippen LogP contribution in [0.5, 0.6) is 0 Å². The van der Waals surface area contributed by atoms with Gasteiger partial charge in [0.2, 0.25) is 0 Å². The Hall–Kier alpha value is -1.06. The van der Waals surface area contributed by atoms with Crippen LogP contribution in [0.4, 0.5) is 0 Å². The lowest BCUT2D eigenvalue weighted by Crippen LogP contribution is -2.23. The summed E-state index contributed by atoms with van der Waals surface area (Å²) in [6.45, 7) is 5.72.